The summed E-state index contributed by atoms with van der Waals surface area (Å²) in [5.41, 5.74) is 6.85. The van der Waals surface area contributed by atoms with E-state index < -0.39 is 0 Å². The number of aryl methyl sites for hydroxylation is 2. The van der Waals surface area contributed by atoms with Gasteiger partial charge in [0.05, 0.1) is 24.5 Å². The van der Waals surface area contributed by atoms with E-state index in [2.05, 4.69) is 91.2 Å². The van der Waals surface area contributed by atoms with Gasteiger partial charge in [-0.3, -0.25) is 4.98 Å². The topological polar surface area (TPSA) is 37.0 Å². The van der Waals surface area contributed by atoms with Gasteiger partial charge in [0, 0.05) is 11.4 Å². The predicted molar refractivity (Wildman–Crippen MR) is 101 cm³/mol. The van der Waals surface area contributed by atoms with E-state index in [4.69, 9.17) is 4.98 Å². The molecule has 0 radical (unpaired) electrons. The Morgan fingerprint density at radius 2 is 1.04 bits per heavy atom. The second kappa shape index (κ2) is 7.64. The number of rotatable bonds is 6. The van der Waals surface area contributed by atoms with Gasteiger partial charge < -0.3 is 10.6 Å². The molecule has 3 rings (SSSR count). The van der Waals surface area contributed by atoms with Crippen molar-refractivity contribution in [1.82, 2.24) is 4.98 Å². The van der Waals surface area contributed by atoms with Crippen LogP contribution in [0, 0.1) is 13.8 Å². The van der Waals surface area contributed by atoms with Crippen LogP contribution in [0.1, 0.15) is 22.5 Å². The van der Waals surface area contributed by atoms with Crippen LogP contribution in [0.4, 0.5) is 11.4 Å². The lowest BCUT2D eigenvalue weighted by Crippen LogP contribution is -2.06. The van der Waals surface area contributed by atoms with Crippen LogP contribution in [-0.4, -0.2) is 4.98 Å². The van der Waals surface area contributed by atoms with Crippen LogP contribution in [0.25, 0.3) is 0 Å². The molecule has 3 aromatic rings. The predicted octanol–water partition coefficient (Wildman–Crippen LogP) is 4.92. The van der Waals surface area contributed by atoms with Crippen molar-refractivity contribution in [3.63, 3.8) is 0 Å². The van der Waals surface area contributed by atoms with Gasteiger partial charge in [0.2, 0.25) is 0 Å². The third-order valence-electron chi connectivity index (χ3n) is 3.91. The van der Waals surface area contributed by atoms with Gasteiger partial charge in [-0.05, 0) is 50.2 Å². The zero-order valence-corrected chi connectivity index (χ0v) is 14.2. The molecule has 0 saturated carbocycles. The fraction of sp³-hybridized carbons (Fsp3) is 0.190. The third-order valence-corrected chi connectivity index (χ3v) is 3.91. The average molecular weight is 317 g/mol. The number of nitrogens with zero attached hydrogens (tertiary/aromatic N) is 1. The Bertz CT molecular complexity index is 712. The molecule has 0 saturated heterocycles. The molecule has 122 valence electrons. The van der Waals surface area contributed by atoms with E-state index >= 15 is 0 Å². The lowest BCUT2D eigenvalue weighted by atomic mass is 10.2. The first-order chi connectivity index (χ1) is 11.7. The van der Waals surface area contributed by atoms with E-state index in [0.29, 0.717) is 0 Å². The number of hydrogen-bond donors (Lipinski definition) is 2. The van der Waals surface area contributed by atoms with Crippen LogP contribution in [0.2, 0.25) is 0 Å². The molecule has 1 aromatic heterocycles. The highest BCUT2D eigenvalue weighted by molar-refractivity contribution is 5.45. The third kappa shape index (κ3) is 4.59. The van der Waals surface area contributed by atoms with Crippen LogP contribution < -0.4 is 10.6 Å². The van der Waals surface area contributed by atoms with E-state index in [1.807, 2.05) is 0 Å². The van der Waals surface area contributed by atoms with Gasteiger partial charge in [0.15, 0.2) is 0 Å². The molecule has 0 unspecified atom stereocenters. The highest BCUT2D eigenvalue weighted by atomic mass is 14.9. The van der Waals surface area contributed by atoms with Crippen molar-refractivity contribution in [3.8, 4) is 0 Å². The maximum atomic E-state index is 4.71. The lowest BCUT2D eigenvalue weighted by Gasteiger charge is -2.09. The van der Waals surface area contributed by atoms with Crippen molar-refractivity contribution >= 4 is 11.4 Å². The molecule has 0 fully saturated rings. The summed E-state index contributed by atoms with van der Waals surface area (Å²) in [5.74, 6) is 0. The summed E-state index contributed by atoms with van der Waals surface area (Å²) in [6.07, 6.45) is 0. The summed E-state index contributed by atoms with van der Waals surface area (Å²) >= 11 is 0. The molecule has 2 aromatic carbocycles. The summed E-state index contributed by atoms with van der Waals surface area (Å²) in [4.78, 5) is 4.71. The largest absolute Gasteiger partial charge is 0.379 e. The van der Waals surface area contributed by atoms with Gasteiger partial charge in [0.1, 0.15) is 0 Å². The molecule has 0 atom stereocenters. The van der Waals surface area contributed by atoms with Crippen molar-refractivity contribution in [2.75, 3.05) is 10.6 Å². The summed E-state index contributed by atoms with van der Waals surface area (Å²) in [6, 6.07) is 23.0. The Morgan fingerprint density at radius 1 is 0.625 bits per heavy atom. The molecule has 3 heteroatoms. The van der Waals surface area contributed by atoms with Gasteiger partial charge in [-0.25, -0.2) is 0 Å². The fourth-order valence-corrected chi connectivity index (χ4v) is 2.45. The molecular formula is C21H23N3. The highest BCUT2D eigenvalue weighted by Gasteiger charge is 2.00. The summed E-state index contributed by atoms with van der Waals surface area (Å²) < 4.78 is 0. The molecule has 1 heterocycles. The Hall–Kier alpha value is -2.81. The summed E-state index contributed by atoms with van der Waals surface area (Å²) in [7, 11) is 0. The van der Waals surface area contributed by atoms with Crippen molar-refractivity contribution in [2.45, 2.75) is 26.9 Å². The Kier molecular flexibility index (Phi) is 5.12. The first kappa shape index (κ1) is 16.1. The molecular weight excluding hydrogens is 294 g/mol. The summed E-state index contributed by atoms with van der Waals surface area (Å²) in [5, 5.41) is 6.82. The van der Waals surface area contributed by atoms with Crippen LogP contribution >= 0.6 is 0 Å². The SMILES string of the molecule is Cc1ccc(NCc2cccc(CNc3ccc(C)cc3)n2)cc1. The smallest absolute Gasteiger partial charge is 0.0598 e. The zero-order valence-electron chi connectivity index (χ0n) is 14.2. The lowest BCUT2D eigenvalue weighted by molar-refractivity contribution is 0.966. The minimum atomic E-state index is 0.724. The highest BCUT2D eigenvalue weighted by Crippen LogP contribution is 2.12. The molecule has 0 spiro atoms. The zero-order chi connectivity index (χ0) is 16.8. The molecule has 0 aliphatic rings. The molecule has 2 N–H and O–H groups in total. The standard InChI is InChI=1S/C21H23N3/c1-16-6-10-18(11-7-16)22-14-20-4-3-5-21(24-20)15-23-19-12-8-17(2)9-13-19/h3-13,22-23H,14-15H2,1-2H3. The van der Waals surface area contributed by atoms with Crippen molar-refractivity contribution in [2.24, 2.45) is 0 Å². The van der Waals surface area contributed by atoms with Crippen molar-refractivity contribution < 1.29 is 0 Å². The second-order valence-electron chi connectivity index (χ2n) is 6.06. The fourth-order valence-electron chi connectivity index (χ4n) is 2.45. The average Bonchev–Trinajstić information content (AvgIpc) is 2.61. The van der Waals surface area contributed by atoms with Gasteiger partial charge in [-0.2, -0.15) is 0 Å². The van der Waals surface area contributed by atoms with Crippen LogP contribution in [-0.2, 0) is 13.1 Å². The van der Waals surface area contributed by atoms with Gasteiger partial charge >= 0.3 is 0 Å². The maximum Gasteiger partial charge on any atom is 0.0598 e. The number of pyridine rings is 1. The molecule has 0 bridgehead atoms. The second-order valence-corrected chi connectivity index (χ2v) is 6.06. The minimum Gasteiger partial charge on any atom is -0.379 e. The van der Waals surface area contributed by atoms with Crippen LogP contribution in [0.3, 0.4) is 0 Å². The van der Waals surface area contributed by atoms with Gasteiger partial charge in [-0.1, -0.05) is 41.5 Å². The monoisotopic (exact) mass is 317 g/mol. The number of benzene rings is 2. The van der Waals surface area contributed by atoms with Crippen molar-refractivity contribution in [3.05, 3.63) is 89.2 Å². The van der Waals surface area contributed by atoms with E-state index in [0.717, 1.165) is 35.9 Å². The molecule has 24 heavy (non-hydrogen) atoms. The first-order valence-electron chi connectivity index (χ1n) is 8.25. The number of nitrogens with one attached hydrogen (secondary N) is 2. The Balaban J connectivity index is 1.57. The van der Waals surface area contributed by atoms with Gasteiger partial charge in [0.25, 0.3) is 0 Å². The maximum absolute atomic E-state index is 4.71. The van der Waals surface area contributed by atoms with Crippen LogP contribution in [0.5, 0.6) is 0 Å². The minimum absolute atomic E-state index is 0.724. The van der Waals surface area contributed by atoms with Gasteiger partial charge in [-0.15, -0.1) is 0 Å². The number of hydrogen-bond acceptors (Lipinski definition) is 3. The van der Waals surface area contributed by atoms with E-state index in [-0.39, 0.29) is 0 Å². The molecule has 0 aliphatic carbocycles. The quantitative estimate of drug-likeness (QED) is 0.677. The van der Waals surface area contributed by atoms with E-state index in [1.54, 1.807) is 0 Å². The Labute approximate surface area is 143 Å². The van der Waals surface area contributed by atoms with Crippen LogP contribution in [0.15, 0.2) is 66.7 Å². The molecule has 0 amide bonds. The van der Waals surface area contributed by atoms with E-state index in [9.17, 15) is 0 Å². The van der Waals surface area contributed by atoms with Crippen molar-refractivity contribution in [1.29, 1.82) is 0 Å². The normalized spacial score (nSPS) is 10.4. The summed E-state index contributed by atoms with van der Waals surface area (Å²) in [6.45, 7) is 5.63. The molecule has 0 aliphatic heterocycles. The Morgan fingerprint density at radius 3 is 1.46 bits per heavy atom. The first-order valence-corrected chi connectivity index (χ1v) is 8.25. The van der Waals surface area contributed by atoms with E-state index in [1.165, 1.54) is 11.1 Å². The number of anilines is 2. The molecule has 3 nitrogen and oxygen atoms in total. The number of aromatic nitrogens is 1.